The lowest BCUT2D eigenvalue weighted by Gasteiger charge is -2.15. The van der Waals surface area contributed by atoms with Crippen LogP contribution in [0.2, 0.25) is 0 Å². The van der Waals surface area contributed by atoms with Crippen molar-refractivity contribution in [3.8, 4) is 12.3 Å². The van der Waals surface area contributed by atoms with E-state index in [4.69, 9.17) is 11.5 Å². The summed E-state index contributed by atoms with van der Waals surface area (Å²) in [6.07, 6.45) is 6.92. The standard InChI is InChI=1S/C9H13NO2/c1-3-6-10(7-4-2)8-5-9(11)12/h1,4H,2,5-8H2,(H,11,12). The topological polar surface area (TPSA) is 40.5 Å². The Morgan fingerprint density at radius 1 is 1.75 bits per heavy atom. The molecule has 1 N–H and O–H groups in total. The third-order valence-corrected chi connectivity index (χ3v) is 1.34. The zero-order valence-corrected chi connectivity index (χ0v) is 6.99. The summed E-state index contributed by atoms with van der Waals surface area (Å²) in [5, 5.41) is 8.39. The van der Waals surface area contributed by atoms with Crippen molar-refractivity contribution in [3.05, 3.63) is 12.7 Å². The highest BCUT2D eigenvalue weighted by Gasteiger charge is 2.03. The van der Waals surface area contributed by atoms with Gasteiger partial charge in [0.15, 0.2) is 0 Å². The molecule has 3 heteroatoms. The van der Waals surface area contributed by atoms with Gasteiger partial charge in [-0.1, -0.05) is 12.0 Å². The van der Waals surface area contributed by atoms with Gasteiger partial charge in [0.1, 0.15) is 0 Å². The third kappa shape index (κ3) is 5.51. The van der Waals surface area contributed by atoms with E-state index in [9.17, 15) is 4.79 Å². The highest BCUT2D eigenvalue weighted by molar-refractivity contribution is 5.66. The molecule has 0 radical (unpaired) electrons. The zero-order chi connectivity index (χ0) is 9.40. The molecule has 0 fully saturated rings. The molecule has 0 aliphatic rings. The maximum atomic E-state index is 10.2. The molecule has 0 rings (SSSR count). The first-order valence-corrected chi connectivity index (χ1v) is 3.69. The normalized spacial score (nSPS) is 9.33. The smallest absolute Gasteiger partial charge is 0.304 e. The van der Waals surface area contributed by atoms with Crippen molar-refractivity contribution in [2.24, 2.45) is 0 Å². The number of carbonyl (C=O) groups is 1. The monoisotopic (exact) mass is 167 g/mol. The van der Waals surface area contributed by atoms with Gasteiger partial charge in [0.2, 0.25) is 0 Å². The minimum absolute atomic E-state index is 0.121. The van der Waals surface area contributed by atoms with Crippen molar-refractivity contribution >= 4 is 5.97 Å². The predicted molar refractivity (Wildman–Crippen MR) is 47.7 cm³/mol. The summed E-state index contributed by atoms with van der Waals surface area (Å²) in [7, 11) is 0. The summed E-state index contributed by atoms with van der Waals surface area (Å²) < 4.78 is 0. The largest absolute Gasteiger partial charge is 0.481 e. The maximum absolute atomic E-state index is 10.2. The molecule has 0 aliphatic heterocycles. The van der Waals surface area contributed by atoms with Crippen LogP contribution in [0.5, 0.6) is 0 Å². The third-order valence-electron chi connectivity index (χ3n) is 1.34. The van der Waals surface area contributed by atoms with E-state index in [1.807, 2.05) is 4.90 Å². The summed E-state index contributed by atoms with van der Waals surface area (Å²) >= 11 is 0. The van der Waals surface area contributed by atoms with E-state index in [2.05, 4.69) is 12.5 Å². The second-order valence-corrected chi connectivity index (χ2v) is 2.37. The van der Waals surface area contributed by atoms with Crippen molar-refractivity contribution in [1.29, 1.82) is 0 Å². The van der Waals surface area contributed by atoms with Crippen LogP contribution in [-0.2, 0) is 4.79 Å². The summed E-state index contributed by atoms with van der Waals surface area (Å²) in [6, 6.07) is 0. The number of carboxylic acids is 1. The first-order chi connectivity index (χ1) is 5.70. The fraction of sp³-hybridized carbons (Fsp3) is 0.444. The van der Waals surface area contributed by atoms with Crippen molar-refractivity contribution in [2.75, 3.05) is 19.6 Å². The molecule has 0 saturated heterocycles. The Bertz CT molecular complexity index is 193. The van der Waals surface area contributed by atoms with Gasteiger partial charge in [-0.3, -0.25) is 9.69 Å². The molecule has 0 heterocycles. The highest BCUT2D eigenvalue weighted by Crippen LogP contribution is 1.90. The van der Waals surface area contributed by atoms with Crippen LogP contribution in [0.4, 0.5) is 0 Å². The van der Waals surface area contributed by atoms with Gasteiger partial charge in [-0.15, -0.1) is 13.0 Å². The van der Waals surface area contributed by atoms with Gasteiger partial charge in [-0.2, -0.15) is 0 Å². The molecular weight excluding hydrogens is 154 g/mol. The van der Waals surface area contributed by atoms with E-state index in [1.54, 1.807) is 6.08 Å². The molecule has 0 atom stereocenters. The average Bonchev–Trinajstić information content (AvgIpc) is 2.01. The van der Waals surface area contributed by atoms with E-state index in [0.29, 0.717) is 19.6 Å². The minimum Gasteiger partial charge on any atom is -0.481 e. The number of terminal acetylenes is 1. The van der Waals surface area contributed by atoms with Crippen molar-refractivity contribution in [2.45, 2.75) is 6.42 Å². The van der Waals surface area contributed by atoms with Crippen LogP contribution in [-0.4, -0.2) is 35.6 Å². The SMILES string of the molecule is C#CCN(CC=C)CCC(=O)O. The fourth-order valence-electron chi connectivity index (χ4n) is 0.800. The number of rotatable bonds is 6. The summed E-state index contributed by atoms with van der Waals surface area (Å²) in [6.45, 7) is 5.14. The summed E-state index contributed by atoms with van der Waals surface area (Å²) in [5.74, 6) is 1.66. The van der Waals surface area contributed by atoms with Crippen molar-refractivity contribution in [3.63, 3.8) is 0 Å². The van der Waals surface area contributed by atoms with Gasteiger partial charge < -0.3 is 5.11 Å². The number of nitrogens with zero attached hydrogens (tertiary/aromatic N) is 1. The lowest BCUT2D eigenvalue weighted by molar-refractivity contribution is -0.137. The maximum Gasteiger partial charge on any atom is 0.304 e. The van der Waals surface area contributed by atoms with E-state index in [-0.39, 0.29) is 6.42 Å². The lowest BCUT2D eigenvalue weighted by atomic mass is 10.3. The molecular formula is C9H13NO2. The first-order valence-electron chi connectivity index (χ1n) is 3.69. The molecule has 0 aromatic heterocycles. The summed E-state index contributed by atoms with van der Waals surface area (Å²) in [4.78, 5) is 12.1. The number of aliphatic carboxylic acids is 1. The Labute approximate surface area is 72.7 Å². The Morgan fingerprint density at radius 3 is 2.83 bits per heavy atom. The molecule has 0 spiro atoms. The molecule has 3 nitrogen and oxygen atoms in total. The second-order valence-electron chi connectivity index (χ2n) is 2.37. The Kier molecular flexibility index (Phi) is 5.76. The van der Waals surface area contributed by atoms with Gasteiger partial charge in [0.25, 0.3) is 0 Å². The Hall–Kier alpha value is -1.27. The van der Waals surface area contributed by atoms with Crippen LogP contribution < -0.4 is 0 Å². The van der Waals surface area contributed by atoms with E-state index < -0.39 is 5.97 Å². The van der Waals surface area contributed by atoms with Gasteiger partial charge in [0.05, 0.1) is 13.0 Å². The average molecular weight is 167 g/mol. The molecule has 0 aromatic carbocycles. The van der Waals surface area contributed by atoms with Crippen LogP contribution in [0.15, 0.2) is 12.7 Å². The van der Waals surface area contributed by atoms with Crippen molar-refractivity contribution in [1.82, 2.24) is 4.90 Å². The quantitative estimate of drug-likeness (QED) is 0.464. The Balaban J connectivity index is 3.71. The van der Waals surface area contributed by atoms with E-state index in [0.717, 1.165) is 0 Å². The molecule has 66 valence electrons. The van der Waals surface area contributed by atoms with E-state index >= 15 is 0 Å². The molecule has 12 heavy (non-hydrogen) atoms. The van der Waals surface area contributed by atoms with Crippen LogP contribution in [0, 0.1) is 12.3 Å². The lowest BCUT2D eigenvalue weighted by Crippen LogP contribution is -2.26. The molecule has 0 aliphatic carbocycles. The minimum atomic E-state index is -0.805. The number of hydrogen-bond donors (Lipinski definition) is 1. The number of hydrogen-bond acceptors (Lipinski definition) is 2. The van der Waals surface area contributed by atoms with Crippen LogP contribution in [0.3, 0.4) is 0 Å². The van der Waals surface area contributed by atoms with Gasteiger partial charge in [-0.05, 0) is 0 Å². The first kappa shape index (κ1) is 10.7. The molecule has 0 bridgehead atoms. The van der Waals surface area contributed by atoms with Crippen LogP contribution >= 0.6 is 0 Å². The van der Waals surface area contributed by atoms with Crippen LogP contribution in [0.1, 0.15) is 6.42 Å². The Morgan fingerprint density at radius 2 is 2.42 bits per heavy atom. The van der Waals surface area contributed by atoms with Gasteiger partial charge >= 0.3 is 5.97 Å². The molecule has 0 amide bonds. The molecule has 0 aromatic rings. The van der Waals surface area contributed by atoms with Crippen LogP contribution in [0.25, 0.3) is 0 Å². The summed E-state index contributed by atoms with van der Waals surface area (Å²) in [5.41, 5.74) is 0. The number of carboxylic acid groups (broad SMARTS) is 1. The van der Waals surface area contributed by atoms with Gasteiger partial charge in [0, 0.05) is 13.1 Å². The second kappa shape index (κ2) is 6.44. The highest BCUT2D eigenvalue weighted by atomic mass is 16.4. The van der Waals surface area contributed by atoms with Gasteiger partial charge in [-0.25, -0.2) is 0 Å². The predicted octanol–water partition coefficient (Wildman–Crippen LogP) is 0.582. The van der Waals surface area contributed by atoms with Crippen molar-refractivity contribution < 1.29 is 9.90 Å². The molecule has 0 saturated carbocycles. The molecule has 0 unspecified atom stereocenters. The van der Waals surface area contributed by atoms with E-state index in [1.165, 1.54) is 0 Å². The fourth-order valence-corrected chi connectivity index (χ4v) is 0.800. The zero-order valence-electron chi connectivity index (χ0n) is 6.99.